The van der Waals surface area contributed by atoms with Gasteiger partial charge in [-0.2, -0.15) is 0 Å². The van der Waals surface area contributed by atoms with Crippen molar-refractivity contribution in [3.8, 4) is 10.6 Å². The molecule has 0 fully saturated rings. The number of hydrogen-bond acceptors (Lipinski definition) is 3. The molecule has 2 N–H and O–H groups in total. The van der Waals surface area contributed by atoms with Crippen LogP contribution in [0.4, 0.5) is 5.69 Å². The molecule has 1 unspecified atom stereocenters. The summed E-state index contributed by atoms with van der Waals surface area (Å²) in [6, 6.07) is 5.63. The van der Waals surface area contributed by atoms with Gasteiger partial charge in [-0.3, -0.25) is 0 Å². The third-order valence-corrected chi connectivity index (χ3v) is 4.88. The molecule has 1 aliphatic rings. The Kier molecular flexibility index (Phi) is 3.04. The highest BCUT2D eigenvalue weighted by Gasteiger charge is 2.20. The van der Waals surface area contributed by atoms with E-state index in [0.717, 1.165) is 29.3 Å². The van der Waals surface area contributed by atoms with Gasteiger partial charge in [-0.15, -0.1) is 11.3 Å². The number of benzene rings is 1. The second-order valence-corrected chi connectivity index (χ2v) is 6.47. The molecule has 1 aromatic carbocycles. The maximum Gasteiger partial charge on any atom is 0.125 e. The molecule has 1 heterocycles. The molecule has 0 aliphatic heterocycles. The SMILES string of the molecule is CC1CCc2nc(-c3ccc(N)cc3Cl)sc2C1. The Bertz CT molecular complexity index is 591. The summed E-state index contributed by atoms with van der Waals surface area (Å²) < 4.78 is 0. The minimum absolute atomic E-state index is 0.689. The third kappa shape index (κ3) is 2.13. The monoisotopic (exact) mass is 278 g/mol. The molecule has 1 atom stereocenters. The molecule has 2 nitrogen and oxygen atoms in total. The molecule has 3 rings (SSSR count). The maximum absolute atomic E-state index is 6.24. The van der Waals surface area contributed by atoms with E-state index in [1.54, 1.807) is 17.4 Å². The van der Waals surface area contributed by atoms with Gasteiger partial charge < -0.3 is 5.73 Å². The molecule has 0 bridgehead atoms. The number of aryl methyl sites for hydroxylation is 1. The minimum Gasteiger partial charge on any atom is -0.399 e. The zero-order chi connectivity index (χ0) is 12.7. The number of aromatic nitrogens is 1. The van der Waals surface area contributed by atoms with Crippen LogP contribution >= 0.6 is 22.9 Å². The van der Waals surface area contributed by atoms with Crippen molar-refractivity contribution in [1.82, 2.24) is 4.98 Å². The van der Waals surface area contributed by atoms with Gasteiger partial charge >= 0.3 is 0 Å². The average Bonchev–Trinajstić information content (AvgIpc) is 2.71. The average molecular weight is 279 g/mol. The summed E-state index contributed by atoms with van der Waals surface area (Å²) in [5.41, 5.74) is 8.68. The highest BCUT2D eigenvalue weighted by atomic mass is 35.5. The molecule has 94 valence electrons. The van der Waals surface area contributed by atoms with E-state index in [1.165, 1.54) is 17.0 Å². The zero-order valence-electron chi connectivity index (χ0n) is 10.2. The number of thiazole rings is 1. The number of halogens is 1. The fourth-order valence-corrected chi connectivity index (χ4v) is 4.00. The molecule has 0 radical (unpaired) electrons. The van der Waals surface area contributed by atoms with Gasteiger partial charge in [0.25, 0.3) is 0 Å². The number of fused-ring (bicyclic) bond motifs is 1. The molecule has 1 aromatic heterocycles. The quantitative estimate of drug-likeness (QED) is 0.795. The fraction of sp³-hybridized carbons (Fsp3) is 0.357. The first-order valence-corrected chi connectivity index (χ1v) is 7.37. The Morgan fingerprint density at radius 2 is 2.28 bits per heavy atom. The summed E-state index contributed by atoms with van der Waals surface area (Å²) in [4.78, 5) is 6.17. The standard InChI is InChI=1S/C14H15ClN2S/c1-8-2-5-12-13(6-8)18-14(17-12)10-4-3-9(16)7-11(10)15/h3-4,7-8H,2,5-6,16H2,1H3. The van der Waals surface area contributed by atoms with Crippen LogP contribution in [0.3, 0.4) is 0 Å². The Labute approximate surface area is 116 Å². The van der Waals surface area contributed by atoms with Crippen LogP contribution in [-0.4, -0.2) is 4.98 Å². The Morgan fingerprint density at radius 3 is 3.06 bits per heavy atom. The van der Waals surface area contributed by atoms with E-state index >= 15 is 0 Å². The summed E-state index contributed by atoms with van der Waals surface area (Å²) in [5.74, 6) is 0.771. The van der Waals surface area contributed by atoms with Crippen molar-refractivity contribution in [3.05, 3.63) is 33.8 Å². The predicted octanol–water partition coefficient (Wildman–Crippen LogP) is 4.17. The van der Waals surface area contributed by atoms with Crippen molar-refractivity contribution in [2.45, 2.75) is 26.2 Å². The van der Waals surface area contributed by atoms with Gasteiger partial charge in [0.15, 0.2) is 0 Å². The molecule has 2 aromatic rings. The lowest BCUT2D eigenvalue weighted by atomic mass is 9.93. The van der Waals surface area contributed by atoms with Crippen LogP contribution in [0.15, 0.2) is 18.2 Å². The highest BCUT2D eigenvalue weighted by Crippen LogP contribution is 2.37. The molecule has 18 heavy (non-hydrogen) atoms. The summed E-state index contributed by atoms with van der Waals surface area (Å²) in [6.45, 7) is 2.30. The maximum atomic E-state index is 6.24. The summed E-state index contributed by atoms with van der Waals surface area (Å²) >= 11 is 8.02. The molecule has 0 saturated heterocycles. The zero-order valence-corrected chi connectivity index (χ0v) is 11.8. The number of hydrogen-bond donors (Lipinski definition) is 1. The van der Waals surface area contributed by atoms with Crippen molar-refractivity contribution in [3.63, 3.8) is 0 Å². The number of nitrogens with two attached hydrogens (primary N) is 1. The Hall–Kier alpha value is -1.06. The van der Waals surface area contributed by atoms with Gasteiger partial charge in [0.1, 0.15) is 5.01 Å². The van der Waals surface area contributed by atoms with Crippen LogP contribution < -0.4 is 5.73 Å². The lowest BCUT2D eigenvalue weighted by Gasteiger charge is -2.15. The van der Waals surface area contributed by atoms with Crippen molar-refractivity contribution in [2.75, 3.05) is 5.73 Å². The lowest BCUT2D eigenvalue weighted by Crippen LogP contribution is -2.09. The summed E-state index contributed by atoms with van der Waals surface area (Å²) in [6.07, 6.45) is 3.49. The second-order valence-electron chi connectivity index (χ2n) is 4.98. The van der Waals surface area contributed by atoms with Crippen LogP contribution in [0.2, 0.25) is 5.02 Å². The topological polar surface area (TPSA) is 38.9 Å². The fourth-order valence-electron chi connectivity index (χ4n) is 2.36. The van der Waals surface area contributed by atoms with Crippen LogP contribution in [0, 0.1) is 5.92 Å². The van der Waals surface area contributed by atoms with E-state index in [4.69, 9.17) is 22.3 Å². The normalized spacial score (nSPS) is 18.7. The number of rotatable bonds is 1. The van der Waals surface area contributed by atoms with Crippen LogP contribution in [0.1, 0.15) is 23.9 Å². The van der Waals surface area contributed by atoms with Crippen LogP contribution in [0.25, 0.3) is 10.6 Å². The summed E-state index contributed by atoms with van der Waals surface area (Å²) in [5, 5.41) is 1.72. The Morgan fingerprint density at radius 1 is 1.44 bits per heavy atom. The van der Waals surface area contributed by atoms with Gasteiger partial charge in [0.2, 0.25) is 0 Å². The number of nitrogen functional groups attached to an aromatic ring is 1. The molecular formula is C14H15ClN2S. The first-order valence-electron chi connectivity index (χ1n) is 6.17. The van der Waals surface area contributed by atoms with E-state index in [0.29, 0.717) is 10.7 Å². The highest BCUT2D eigenvalue weighted by molar-refractivity contribution is 7.15. The minimum atomic E-state index is 0.689. The lowest BCUT2D eigenvalue weighted by molar-refractivity contribution is 0.502. The van der Waals surface area contributed by atoms with E-state index in [9.17, 15) is 0 Å². The van der Waals surface area contributed by atoms with Crippen LogP contribution in [0.5, 0.6) is 0 Å². The molecule has 1 aliphatic carbocycles. The Balaban J connectivity index is 2.02. The molecule has 4 heteroatoms. The first kappa shape index (κ1) is 12.0. The van der Waals surface area contributed by atoms with Crippen LogP contribution in [-0.2, 0) is 12.8 Å². The molecular weight excluding hydrogens is 264 g/mol. The largest absolute Gasteiger partial charge is 0.399 e. The van der Waals surface area contributed by atoms with Gasteiger partial charge in [0, 0.05) is 16.1 Å². The molecule has 0 amide bonds. The van der Waals surface area contributed by atoms with E-state index in [1.807, 2.05) is 12.1 Å². The van der Waals surface area contributed by atoms with Crippen molar-refractivity contribution in [2.24, 2.45) is 5.92 Å². The van der Waals surface area contributed by atoms with Crippen molar-refractivity contribution < 1.29 is 0 Å². The molecule has 0 spiro atoms. The van der Waals surface area contributed by atoms with Gasteiger partial charge in [-0.25, -0.2) is 4.98 Å². The summed E-state index contributed by atoms with van der Waals surface area (Å²) in [7, 11) is 0. The van der Waals surface area contributed by atoms with Gasteiger partial charge in [-0.05, 0) is 43.4 Å². The van der Waals surface area contributed by atoms with E-state index in [-0.39, 0.29) is 0 Å². The first-order chi connectivity index (χ1) is 8.63. The second kappa shape index (κ2) is 4.56. The third-order valence-electron chi connectivity index (χ3n) is 3.41. The van der Waals surface area contributed by atoms with E-state index < -0.39 is 0 Å². The van der Waals surface area contributed by atoms with Crippen molar-refractivity contribution >= 4 is 28.6 Å². The van der Waals surface area contributed by atoms with E-state index in [2.05, 4.69) is 6.92 Å². The predicted molar refractivity (Wildman–Crippen MR) is 78.2 cm³/mol. The number of anilines is 1. The number of nitrogens with zero attached hydrogens (tertiary/aromatic N) is 1. The van der Waals surface area contributed by atoms with Gasteiger partial charge in [0.05, 0.1) is 10.7 Å². The molecule has 0 saturated carbocycles. The van der Waals surface area contributed by atoms with Gasteiger partial charge in [-0.1, -0.05) is 18.5 Å². The van der Waals surface area contributed by atoms with Crippen molar-refractivity contribution in [1.29, 1.82) is 0 Å². The smallest absolute Gasteiger partial charge is 0.125 e.